The van der Waals surface area contributed by atoms with Crippen molar-refractivity contribution in [3.8, 4) is 0 Å². The molecule has 1 aromatic heterocycles. The van der Waals surface area contributed by atoms with Crippen LogP contribution in [0.2, 0.25) is 0 Å². The lowest BCUT2D eigenvalue weighted by atomic mass is 10.4. The lowest BCUT2D eigenvalue weighted by Gasteiger charge is -1.95. The highest BCUT2D eigenvalue weighted by molar-refractivity contribution is 7.99. The Morgan fingerprint density at radius 3 is 2.64 bits per heavy atom. The van der Waals surface area contributed by atoms with Crippen molar-refractivity contribution in [2.75, 3.05) is 12.4 Å². The number of hydrogen-bond donors (Lipinski definition) is 0. The van der Waals surface area contributed by atoms with E-state index in [2.05, 4.69) is 9.97 Å². The van der Waals surface area contributed by atoms with E-state index < -0.39 is 0 Å². The van der Waals surface area contributed by atoms with Crippen LogP contribution in [0.4, 0.5) is 4.39 Å². The Labute approximate surface area is 69.3 Å². The standard InChI is InChI=1S/C7H9FN2S/c1-6-4-9-7(10-5-6)11-3-2-8/h4-5H,2-3H2,1H3. The molecule has 0 aromatic carbocycles. The SMILES string of the molecule is Cc1cnc(SCCF)nc1. The third-order valence-corrected chi connectivity index (χ3v) is 1.89. The first-order chi connectivity index (χ1) is 5.33. The smallest absolute Gasteiger partial charge is 0.187 e. The van der Waals surface area contributed by atoms with Gasteiger partial charge in [0.25, 0.3) is 0 Å². The zero-order chi connectivity index (χ0) is 8.10. The van der Waals surface area contributed by atoms with E-state index in [1.807, 2.05) is 6.92 Å². The lowest BCUT2D eigenvalue weighted by Crippen LogP contribution is -1.88. The van der Waals surface area contributed by atoms with Gasteiger partial charge in [-0.2, -0.15) is 0 Å². The second-order valence-electron chi connectivity index (χ2n) is 2.08. The number of alkyl halides is 1. The van der Waals surface area contributed by atoms with Crippen LogP contribution in [0, 0.1) is 6.92 Å². The van der Waals surface area contributed by atoms with E-state index in [4.69, 9.17) is 0 Å². The molecule has 2 nitrogen and oxygen atoms in total. The van der Waals surface area contributed by atoms with Crippen LogP contribution in [0.5, 0.6) is 0 Å². The Hall–Kier alpha value is -0.640. The van der Waals surface area contributed by atoms with Gasteiger partial charge in [-0.3, -0.25) is 4.39 Å². The zero-order valence-electron chi connectivity index (χ0n) is 6.25. The molecule has 0 amide bonds. The van der Waals surface area contributed by atoms with E-state index in [0.29, 0.717) is 10.9 Å². The minimum Gasteiger partial charge on any atom is -0.250 e. The van der Waals surface area contributed by atoms with Crippen molar-refractivity contribution in [2.45, 2.75) is 12.1 Å². The van der Waals surface area contributed by atoms with Crippen LogP contribution in [0.25, 0.3) is 0 Å². The molecule has 0 spiro atoms. The molecule has 4 heteroatoms. The average Bonchev–Trinajstić information content (AvgIpc) is 2.04. The highest BCUT2D eigenvalue weighted by Crippen LogP contribution is 2.10. The molecule has 1 heterocycles. The molecule has 0 aliphatic carbocycles. The summed E-state index contributed by atoms with van der Waals surface area (Å²) in [6.07, 6.45) is 3.46. The van der Waals surface area contributed by atoms with Gasteiger partial charge in [0.1, 0.15) is 0 Å². The predicted molar refractivity (Wildman–Crippen MR) is 43.5 cm³/mol. The summed E-state index contributed by atoms with van der Waals surface area (Å²) in [6, 6.07) is 0. The average molecular weight is 172 g/mol. The fourth-order valence-corrected chi connectivity index (χ4v) is 1.10. The Bertz CT molecular complexity index is 212. The number of nitrogens with zero attached hydrogens (tertiary/aromatic N) is 2. The first kappa shape index (κ1) is 8.46. The van der Waals surface area contributed by atoms with E-state index in [9.17, 15) is 4.39 Å². The maximum absolute atomic E-state index is 11.7. The third kappa shape index (κ3) is 2.84. The van der Waals surface area contributed by atoms with E-state index in [1.165, 1.54) is 11.8 Å². The first-order valence-electron chi connectivity index (χ1n) is 3.30. The van der Waals surface area contributed by atoms with Crippen molar-refractivity contribution in [3.63, 3.8) is 0 Å². The third-order valence-electron chi connectivity index (χ3n) is 1.07. The quantitative estimate of drug-likeness (QED) is 0.514. The van der Waals surface area contributed by atoms with Crippen molar-refractivity contribution < 1.29 is 4.39 Å². The Morgan fingerprint density at radius 2 is 2.09 bits per heavy atom. The summed E-state index contributed by atoms with van der Waals surface area (Å²) >= 11 is 1.33. The molecule has 0 atom stereocenters. The van der Waals surface area contributed by atoms with E-state index in [0.717, 1.165) is 5.56 Å². The summed E-state index contributed by atoms with van der Waals surface area (Å²) in [5, 5.41) is 0.647. The summed E-state index contributed by atoms with van der Waals surface area (Å²) in [6.45, 7) is 1.59. The maximum atomic E-state index is 11.7. The first-order valence-corrected chi connectivity index (χ1v) is 4.29. The topological polar surface area (TPSA) is 25.8 Å². The molecular weight excluding hydrogens is 163 g/mol. The van der Waals surface area contributed by atoms with E-state index in [1.54, 1.807) is 12.4 Å². The van der Waals surface area contributed by atoms with Gasteiger partial charge in [-0.05, 0) is 12.5 Å². The van der Waals surface area contributed by atoms with Crippen molar-refractivity contribution in [1.29, 1.82) is 0 Å². The molecule has 0 saturated carbocycles. The van der Waals surface area contributed by atoms with Crippen LogP contribution < -0.4 is 0 Å². The monoisotopic (exact) mass is 172 g/mol. The Morgan fingerprint density at radius 1 is 1.45 bits per heavy atom. The fourth-order valence-electron chi connectivity index (χ4n) is 0.585. The minimum atomic E-state index is -0.331. The van der Waals surface area contributed by atoms with Crippen molar-refractivity contribution in [3.05, 3.63) is 18.0 Å². The summed E-state index contributed by atoms with van der Waals surface area (Å²) < 4.78 is 11.7. The van der Waals surface area contributed by atoms with Gasteiger partial charge in [-0.1, -0.05) is 11.8 Å². The van der Waals surface area contributed by atoms with Gasteiger partial charge in [-0.25, -0.2) is 9.97 Å². The molecule has 0 saturated heterocycles. The van der Waals surface area contributed by atoms with Gasteiger partial charge >= 0.3 is 0 Å². The van der Waals surface area contributed by atoms with Crippen LogP contribution in [0.15, 0.2) is 17.6 Å². The van der Waals surface area contributed by atoms with Crippen LogP contribution >= 0.6 is 11.8 Å². The second kappa shape index (κ2) is 4.28. The van der Waals surface area contributed by atoms with E-state index in [-0.39, 0.29) is 6.67 Å². The second-order valence-corrected chi connectivity index (χ2v) is 3.14. The summed E-state index contributed by atoms with van der Waals surface area (Å²) in [4.78, 5) is 8.00. The van der Waals surface area contributed by atoms with Crippen LogP contribution in [-0.2, 0) is 0 Å². The number of thioether (sulfide) groups is 1. The van der Waals surface area contributed by atoms with Gasteiger partial charge < -0.3 is 0 Å². The van der Waals surface area contributed by atoms with Crippen LogP contribution in [-0.4, -0.2) is 22.4 Å². The van der Waals surface area contributed by atoms with Gasteiger partial charge in [0.05, 0.1) is 6.67 Å². The fraction of sp³-hybridized carbons (Fsp3) is 0.429. The predicted octanol–water partition coefficient (Wildman–Crippen LogP) is 1.85. The molecule has 0 aliphatic rings. The van der Waals surface area contributed by atoms with Gasteiger partial charge in [0, 0.05) is 18.1 Å². The molecule has 0 bridgehead atoms. The molecule has 0 aliphatic heterocycles. The molecule has 0 radical (unpaired) electrons. The Balaban J connectivity index is 2.52. The van der Waals surface area contributed by atoms with Gasteiger partial charge in [0.15, 0.2) is 5.16 Å². The van der Waals surface area contributed by atoms with Crippen molar-refractivity contribution in [2.24, 2.45) is 0 Å². The van der Waals surface area contributed by atoms with Crippen LogP contribution in [0.1, 0.15) is 5.56 Å². The molecular formula is C7H9FN2S. The number of rotatable bonds is 3. The molecule has 1 rings (SSSR count). The number of halogens is 1. The molecule has 0 N–H and O–H groups in total. The largest absolute Gasteiger partial charge is 0.250 e. The van der Waals surface area contributed by atoms with Crippen LogP contribution in [0.3, 0.4) is 0 Å². The number of hydrogen-bond acceptors (Lipinski definition) is 3. The number of aromatic nitrogens is 2. The van der Waals surface area contributed by atoms with Gasteiger partial charge in [0.2, 0.25) is 0 Å². The van der Waals surface area contributed by atoms with Gasteiger partial charge in [-0.15, -0.1) is 0 Å². The summed E-state index contributed by atoms with van der Waals surface area (Å²) in [7, 11) is 0. The molecule has 60 valence electrons. The highest BCUT2D eigenvalue weighted by Gasteiger charge is 1.94. The zero-order valence-corrected chi connectivity index (χ0v) is 7.07. The van der Waals surface area contributed by atoms with E-state index >= 15 is 0 Å². The molecule has 0 unspecified atom stereocenters. The molecule has 11 heavy (non-hydrogen) atoms. The molecule has 0 fully saturated rings. The van der Waals surface area contributed by atoms with Crippen molar-refractivity contribution >= 4 is 11.8 Å². The summed E-state index contributed by atoms with van der Waals surface area (Å²) in [5.41, 5.74) is 1.02. The lowest BCUT2D eigenvalue weighted by molar-refractivity contribution is 0.532. The normalized spacial score (nSPS) is 10.0. The number of aryl methyl sites for hydroxylation is 1. The molecule has 1 aromatic rings. The summed E-state index contributed by atoms with van der Waals surface area (Å²) in [5.74, 6) is 0.434. The maximum Gasteiger partial charge on any atom is 0.187 e. The Kier molecular flexibility index (Phi) is 3.29. The highest BCUT2D eigenvalue weighted by atomic mass is 32.2. The minimum absolute atomic E-state index is 0.331. The van der Waals surface area contributed by atoms with Crippen molar-refractivity contribution in [1.82, 2.24) is 9.97 Å².